The van der Waals surface area contributed by atoms with Crippen molar-refractivity contribution in [1.29, 1.82) is 0 Å². The number of nitrogens with one attached hydrogen (secondary N) is 3. The zero-order valence-corrected chi connectivity index (χ0v) is 14.6. The molecule has 6 heteroatoms. The number of hydrogen-bond acceptors (Lipinski definition) is 3. The van der Waals surface area contributed by atoms with E-state index in [0.717, 1.165) is 12.1 Å². The third kappa shape index (κ3) is 6.42. The van der Waals surface area contributed by atoms with E-state index in [-0.39, 0.29) is 12.5 Å². The predicted molar refractivity (Wildman–Crippen MR) is 99.8 cm³/mol. The van der Waals surface area contributed by atoms with Gasteiger partial charge in [0.15, 0.2) is 5.11 Å². The Balaban J connectivity index is 1.67. The Kier molecular flexibility index (Phi) is 7.29. The first-order valence-corrected chi connectivity index (χ1v) is 8.51. The van der Waals surface area contributed by atoms with Gasteiger partial charge in [0.2, 0.25) is 5.91 Å². The van der Waals surface area contributed by atoms with Crippen LogP contribution in [0.15, 0.2) is 47.1 Å². The fourth-order valence-corrected chi connectivity index (χ4v) is 2.32. The molecule has 0 bridgehead atoms. The van der Waals surface area contributed by atoms with E-state index in [1.54, 1.807) is 12.3 Å². The number of carbonyl (C=O) groups is 1. The topological polar surface area (TPSA) is 66.3 Å². The standard InChI is InChI=1S/C18H23N3O2S/c1-2-3-5-14-7-9-15(10-8-14)21-18(24)20-13-17(22)19-12-16-6-4-11-23-16/h4,6-11H,2-3,5,12-13H2,1H3,(H,19,22)(H2,20,21,24). The van der Waals surface area contributed by atoms with Gasteiger partial charge in [0.05, 0.1) is 19.4 Å². The number of benzene rings is 1. The molecule has 0 aliphatic rings. The molecule has 3 N–H and O–H groups in total. The van der Waals surface area contributed by atoms with Crippen LogP contribution >= 0.6 is 12.2 Å². The molecule has 0 aliphatic heterocycles. The second-order valence-electron chi connectivity index (χ2n) is 5.46. The highest BCUT2D eigenvalue weighted by Gasteiger charge is 2.04. The molecule has 0 saturated carbocycles. The van der Waals surface area contributed by atoms with Crippen molar-refractivity contribution >= 4 is 28.9 Å². The number of furan rings is 1. The number of unbranched alkanes of at least 4 members (excludes halogenated alkanes) is 1. The molecule has 24 heavy (non-hydrogen) atoms. The molecule has 0 atom stereocenters. The number of aryl methyl sites for hydroxylation is 1. The molecule has 1 heterocycles. The summed E-state index contributed by atoms with van der Waals surface area (Å²) in [5, 5.41) is 9.13. The summed E-state index contributed by atoms with van der Waals surface area (Å²) >= 11 is 5.20. The molecule has 0 saturated heterocycles. The summed E-state index contributed by atoms with van der Waals surface area (Å²) in [5.74, 6) is 0.567. The van der Waals surface area contributed by atoms with Crippen LogP contribution in [0.2, 0.25) is 0 Å². The molecule has 1 amide bonds. The van der Waals surface area contributed by atoms with Crippen LogP contribution in [-0.4, -0.2) is 17.6 Å². The van der Waals surface area contributed by atoms with Gasteiger partial charge in [-0.1, -0.05) is 25.5 Å². The first-order valence-electron chi connectivity index (χ1n) is 8.10. The number of hydrogen-bond donors (Lipinski definition) is 3. The summed E-state index contributed by atoms with van der Waals surface area (Å²) in [6, 6.07) is 11.8. The minimum Gasteiger partial charge on any atom is -0.467 e. The average molecular weight is 345 g/mol. The predicted octanol–water partition coefficient (Wildman–Crippen LogP) is 3.23. The molecule has 1 aromatic heterocycles. The summed E-state index contributed by atoms with van der Waals surface area (Å²) in [7, 11) is 0. The van der Waals surface area contributed by atoms with Crippen LogP contribution < -0.4 is 16.0 Å². The van der Waals surface area contributed by atoms with Crippen LogP contribution in [0.1, 0.15) is 31.1 Å². The maximum absolute atomic E-state index is 11.7. The first kappa shape index (κ1) is 18.0. The normalized spacial score (nSPS) is 10.2. The highest BCUT2D eigenvalue weighted by Crippen LogP contribution is 2.11. The number of anilines is 1. The van der Waals surface area contributed by atoms with Crippen LogP contribution in [-0.2, 0) is 17.8 Å². The molecular weight excluding hydrogens is 322 g/mol. The van der Waals surface area contributed by atoms with Gasteiger partial charge in [0.25, 0.3) is 0 Å². The maximum Gasteiger partial charge on any atom is 0.239 e. The Morgan fingerprint density at radius 2 is 1.96 bits per heavy atom. The number of amides is 1. The lowest BCUT2D eigenvalue weighted by atomic mass is 10.1. The Morgan fingerprint density at radius 1 is 1.17 bits per heavy atom. The minimum atomic E-state index is -0.148. The van der Waals surface area contributed by atoms with Crippen LogP contribution in [0.3, 0.4) is 0 Å². The van der Waals surface area contributed by atoms with Crippen LogP contribution in [0, 0.1) is 0 Å². The molecule has 5 nitrogen and oxygen atoms in total. The molecule has 128 valence electrons. The van der Waals surface area contributed by atoms with Crippen molar-refractivity contribution in [2.24, 2.45) is 0 Å². The van der Waals surface area contributed by atoms with E-state index in [1.807, 2.05) is 18.2 Å². The van der Waals surface area contributed by atoms with Gasteiger partial charge in [-0.2, -0.15) is 0 Å². The average Bonchev–Trinajstić information content (AvgIpc) is 3.11. The van der Waals surface area contributed by atoms with Gasteiger partial charge in [-0.15, -0.1) is 0 Å². The summed E-state index contributed by atoms with van der Waals surface area (Å²) in [6.45, 7) is 2.67. The highest BCUT2D eigenvalue weighted by atomic mass is 32.1. The summed E-state index contributed by atoms with van der Waals surface area (Å²) < 4.78 is 5.15. The zero-order chi connectivity index (χ0) is 17.2. The van der Waals surface area contributed by atoms with Crippen LogP contribution in [0.4, 0.5) is 5.69 Å². The van der Waals surface area contributed by atoms with Gasteiger partial charge >= 0.3 is 0 Å². The van der Waals surface area contributed by atoms with Crippen LogP contribution in [0.5, 0.6) is 0 Å². The summed E-state index contributed by atoms with van der Waals surface area (Å²) in [6.07, 6.45) is 5.05. The first-order chi connectivity index (χ1) is 11.7. The van der Waals surface area contributed by atoms with Gasteiger partial charge in [0, 0.05) is 5.69 Å². The molecule has 0 spiro atoms. The second-order valence-corrected chi connectivity index (χ2v) is 5.87. The van der Waals surface area contributed by atoms with Gasteiger partial charge in [0.1, 0.15) is 5.76 Å². The van der Waals surface area contributed by atoms with Crippen molar-refractivity contribution in [3.05, 3.63) is 54.0 Å². The number of thiocarbonyl (C=S) groups is 1. The molecule has 0 radical (unpaired) electrons. The third-order valence-electron chi connectivity index (χ3n) is 3.48. The Hall–Kier alpha value is -2.34. The van der Waals surface area contributed by atoms with E-state index in [0.29, 0.717) is 17.4 Å². The minimum absolute atomic E-state index is 0.112. The molecule has 1 aromatic carbocycles. The maximum atomic E-state index is 11.7. The number of rotatable bonds is 8. The summed E-state index contributed by atoms with van der Waals surface area (Å²) in [4.78, 5) is 11.7. The van der Waals surface area contributed by atoms with Crippen molar-refractivity contribution in [2.45, 2.75) is 32.7 Å². The molecule has 0 fully saturated rings. The van der Waals surface area contributed by atoms with E-state index in [9.17, 15) is 4.79 Å². The van der Waals surface area contributed by atoms with Crippen molar-refractivity contribution in [1.82, 2.24) is 10.6 Å². The number of carbonyl (C=O) groups excluding carboxylic acids is 1. The highest BCUT2D eigenvalue weighted by molar-refractivity contribution is 7.80. The van der Waals surface area contributed by atoms with E-state index in [4.69, 9.17) is 16.6 Å². The van der Waals surface area contributed by atoms with E-state index < -0.39 is 0 Å². The molecule has 0 unspecified atom stereocenters. The summed E-state index contributed by atoms with van der Waals surface area (Å²) in [5.41, 5.74) is 2.22. The van der Waals surface area contributed by atoms with Crippen molar-refractivity contribution < 1.29 is 9.21 Å². The van der Waals surface area contributed by atoms with E-state index in [1.165, 1.54) is 18.4 Å². The fourth-order valence-electron chi connectivity index (χ4n) is 2.13. The lowest BCUT2D eigenvalue weighted by Crippen LogP contribution is -2.38. The fraction of sp³-hybridized carbons (Fsp3) is 0.333. The molecule has 2 aromatic rings. The second kappa shape index (κ2) is 9.72. The zero-order valence-electron chi connectivity index (χ0n) is 13.8. The van der Waals surface area contributed by atoms with Crippen molar-refractivity contribution in [2.75, 3.05) is 11.9 Å². The largest absolute Gasteiger partial charge is 0.467 e. The van der Waals surface area contributed by atoms with Gasteiger partial charge in [-0.05, 0) is 54.9 Å². The Labute approximate surface area is 147 Å². The monoisotopic (exact) mass is 345 g/mol. The molecule has 2 rings (SSSR count). The van der Waals surface area contributed by atoms with Gasteiger partial charge in [-0.25, -0.2) is 0 Å². The molecule has 0 aliphatic carbocycles. The molecular formula is C18H23N3O2S. The lowest BCUT2D eigenvalue weighted by molar-refractivity contribution is -0.120. The van der Waals surface area contributed by atoms with Crippen molar-refractivity contribution in [3.8, 4) is 0 Å². The smallest absolute Gasteiger partial charge is 0.239 e. The van der Waals surface area contributed by atoms with E-state index >= 15 is 0 Å². The van der Waals surface area contributed by atoms with Gasteiger partial charge in [-0.3, -0.25) is 4.79 Å². The quantitative estimate of drug-likeness (QED) is 0.641. The Morgan fingerprint density at radius 3 is 2.62 bits per heavy atom. The van der Waals surface area contributed by atoms with Crippen molar-refractivity contribution in [3.63, 3.8) is 0 Å². The van der Waals surface area contributed by atoms with Gasteiger partial charge < -0.3 is 20.4 Å². The van der Waals surface area contributed by atoms with Crippen LogP contribution in [0.25, 0.3) is 0 Å². The van der Waals surface area contributed by atoms with E-state index in [2.05, 4.69) is 35.0 Å². The SMILES string of the molecule is CCCCc1ccc(NC(=S)NCC(=O)NCc2ccco2)cc1. The Bertz CT molecular complexity index is 639. The lowest BCUT2D eigenvalue weighted by Gasteiger charge is -2.11. The third-order valence-corrected chi connectivity index (χ3v) is 3.73.